The van der Waals surface area contributed by atoms with E-state index in [1.54, 1.807) is 24.0 Å². The lowest BCUT2D eigenvalue weighted by atomic mass is 9.94. The van der Waals surface area contributed by atoms with Gasteiger partial charge in [0.25, 0.3) is 0 Å². The molecule has 3 atom stereocenters. The molecule has 0 bridgehead atoms. The fourth-order valence-electron chi connectivity index (χ4n) is 3.79. The zero-order chi connectivity index (χ0) is 19.8. The minimum absolute atomic E-state index is 0.0809. The Morgan fingerprint density at radius 2 is 2.25 bits per heavy atom. The van der Waals surface area contributed by atoms with Crippen LogP contribution < -0.4 is 4.74 Å². The Labute approximate surface area is 166 Å². The summed E-state index contributed by atoms with van der Waals surface area (Å²) in [7, 11) is 1.38. The Morgan fingerprint density at radius 3 is 2.89 bits per heavy atom. The Bertz CT molecular complexity index is 937. The van der Waals surface area contributed by atoms with Crippen LogP contribution in [0, 0.1) is 10.1 Å². The molecule has 28 heavy (non-hydrogen) atoms. The number of pyridine rings is 1. The molecule has 1 fully saturated rings. The Hall–Kier alpha value is -2.81. The van der Waals surface area contributed by atoms with Crippen molar-refractivity contribution in [2.45, 2.75) is 31.5 Å². The van der Waals surface area contributed by atoms with Crippen LogP contribution in [0.1, 0.15) is 36.7 Å². The number of aromatic hydroxyl groups is 1. The average molecular weight is 400 g/mol. The van der Waals surface area contributed by atoms with Gasteiger partial charge in [-0.3, -0.25) is 20.1 Å². The van der Waals surface area contributed by atoms with E-state index in [0.717, 1.165) is 23.0 Å². The van der Waals surface area contributed by atoms with Gasteiger partial charge in [0, 0.05) is 24.1 Å². The summed E-state index contributed by atoms with van der Waals surface area (Å²) < 4.78 is 5.21. The number of aliphatic imine (C=N–C) groups is 1. The molecular formula is C19H20N4O4S. The molecule has 2 aliphatic heterocycles. The predicted molar refractivity (Wildman–Crippen MR) is 107 cm³/mol. The molecule has 8 nitrogen and oxygen atoms in total. The molecule has 2 aromatic rings. The second kappa shape index (κ2) is 7.31. The third-order valence-corrected chi connectivity index (χ3v) is 6.29. The van der Waals surface area contributed by atoms with E-state index < -0.39 is 10.7 Å². The maximum Gasteiger partial charge on any atom is 0.315 e. The van der Waals surface area contributed by atoms with Crippen molar-refractivity contribution in [3.8, 4) is 11.5 Å². The van der Waals surface area contributed by atoms with Gasteiger partial charge in [-0.15, -0.1) is 0 Å². The lowest BCUT2D eigenvalue weighted by Gasteiger charge is -2.32. The van der Waals surface area contributed by atoms with Crippen molar-refractivity contribution in [3.63, 3.8) is 0 Å². The number of nitrogens with zero attached hydrogens (tertiary/aromatic N) is 4. The Kier molecular flexibility index (Phi) is 4.84. The maximum absolute atomic E-state index is 11.5. The van der Waals surface area contributed by atoms with E-state index in [4.69, 9.17) is 9.73 Å². The number of rotatable bonds is 5. The van der Waals surface area contributed by atoms with Gasteiger partial charge in [-0.25, -0.2) is 0 Å². The summed E-state index contributed by atoms with van der Waals surface area (Å²) in [5.74, 6) is 0.544. The number of thioether (sulfide) groups is 1. The van der Waals surface area contributed by atoms with Crippen molar-refractivity contribution < 1.29 is 14.8 Å². The number of methoxy groups -OCH3 is 1. The smallest absolute Gasteiger partial charge is 0.315 e. The summed E-state index contributed by atoms with van der Waals surface area (Å²) in [6.45, 7) is 2.12. The Balaban J connectivity index is 1.87. The highest BCUT2D eigenvalue weighted by atomic mass is 32.2. The van der Waals surface area contributed by atoms with Gasteiger partial charge in [0.05, 0.1) is 23.8 Å². The van der Waals surface area contributed by atoms with Crippen LogP contribution in [0.5, 0.6) is 11.5 Å². The number of aromatic nitrogens is 1. The lowest BCUT2D eigenvalue weighted by Crippen LogP contribution is -2.35. The minimum Gasteiger partial charge on any atom is -0.500 e. The predicted octanol–water partition coefficient (Wildman–Crippen LogP) is 3.68. The molecule has 2 aliphatic rings. The second-order valence-corrected chi connectivity index (χ2v) is 7.67. The molecule has 3 heterocycles. The number of phenols is 1. The van der Waals surface area contributed by atoms with Crippen LogP contribution in [0.25, 0.3) is 0 Å². The average Bonchev–Trinajstić information content (AvgIpc) is 3.27. The summed E-state index contributed by atoms with van der Waals surface area (Å²) in [5, 5.41) is 22.6. The van der Waals surface area contributed by atoms with Crippen LogP contribution in [-0.2, 0) is 0 Å². The fourth-order valence-corrected chi connectivity index (χ4v) is 5.13. The molecule has 146 valence electrons. The van der Waals surface area contributed by atoms with Crippen LogP contribution in [0.2, 0.25) is 0 Å². The van der Waals surface area contributed by atoms with Gasteiger partial charge in [-0.2, -0.15) is 0 Å². The molecule has 1 N–H and O–H groups in total. The molecule has 1 saturated heterocycles. The molecule has 0 aliphatic carbocycles. The van der Waals surface area contributed by atoms with Crippen molar-refractivity contribution in [2.75, 3.05) is 12.9 Å². The topological polar surface area (TPSA) is 101 Å². The van der Waals surface area contributed by atoms with E-state index >= 15 is 0 Å². The van der Waals surface area contributed by atoms with Crippen molar-refractivity contribution in [1.29, 1.82) is 0 Å². The molecule has 1 aromatic carbocycles. The number of ether oxygens (including phenoxy) is 1. The summed E-state index contributed by atoms with van der Waals surface area (Å²) in [5.41, 5.74) is 1.11. The fraction of sp³-hybridized carbons (Fsp3) is 0.368. The molecule has 1 aromatic heterocycles. The van der Waals surface area contributed by atoms with Crippen molar-refractivity contribution >= 4 is 22.6 Å². The first kappa shape index (κ1) is 18.5. The molecule has 0 saturated carbocycles. The van der Waals surface area contributed by atoms with E-state index in [1.807, 2.05) is 18.2 Å². The highest BCUT2D eigenvalue weighted by Gasteiger charge is 2.46. The van der Waals surface area contributed by atoms with Crippen molar-refractivity contribution in [2.24, 2.45) is 4.99 Å². The van der Waals surface area contributed by atoms with Gasteiger partial charge in [-0.1, -0.05) is 24.8 Å². The summed E-state index contributed by atoms with van der Waals surface area (Å²) in [6.07, 6.45) is 2.66. The molecule has 9 heteroatoms. The molecule has 0 unspecified atom stereocenters. The molecular weight excluding hydrogens is 380 g/mol. The number of hydrogen-bond acceptors (Lipinski definition) is 8. The minimum atomic E-state index is -0.593. The van der Waals surface area contributed by atoms with E-state index in [-0.39, 0.29) is 29.6 Å². The largest absolute Gasteiger partial charge is 0.500 e. The SMILES string of the molecule is CC[C@H]1CSC2=N[C@H](c3ccccn3)[C@@H](c3cc(OC)c(O)c([N+](=O)[O-])c3)N21. The normalized spacial score (nSPS) is 23.4. The van der Waals surface area contributed by atoms with Gasteiger partial charge in [0.15, 0.2) is 10.9 Å². The number of amidine groups is 1. The molecule has 0 spiro atoms. The third kappa shape index (κ3) is 2.95. The second-order valence-electron chi connectivity index (χ2n) is 6.68. The zero-order valence-corrected chi connectivity index (χ0v) is 16.3. The van der Waals surface area contributed by atoms with Crippen LogP contribution in [0.15, 0.2) is 41.5 Å². The number of phenolic OH excluding ortho intramolecular Hbond substituents is 1. The highest BCUT2D eigenvalue weighted by molar-refractivity contribution is 8.14. The van der Waals surface area contributed by atoms with Gasteiger partial charge >= 0.3 is 5.69 Å². The van der Waals surface area contributed by atoms with E-state index in [1.165, 1.54) is 13.2 Å². The number of fused-ring (bicyclic) bond motifs is 1. The van der Waals surface area contributed by atoms with Crippen LogP contribution in [-0.4, -0.2) is 44.0 Å². The summed E-state index contributed by atoms with van der Waals surface area (Å²) in [4.78, 5) is 22.5. The van der Waals surface area contributed by atoms with Crippen LogP contribution in [0.4, 0.5) is 5.69 Å². The van der Waals surface area contributed by atoms with Gasteiger partial charge in [-0.05, 0) is 30.2 Å². The Morgan fingerprint density at radius 1 is 1.43 bits per heavy atom. The van der Waals surface area contributed by atoms with Gasteiger partial charge in [0.2, 0.25) is 5.75 Å². The number of benzene rings is 1. The lowest BCUT2D eigenvalue weighted by molar-refractivity contribution is -0.386. The molecule has 0 radical (unpaired) electrons. The maximum atomic E-state index is 11.5. The van der Waals surface area contributed by atoms with Crippen LogP contribution >= 0.6 is 11.8 Å². The third-order valence-electron chi connectivity index (χ3n) is 5.16. The number of nitro groups is 1. The van der Waals surface area contributed by atoms with E-state index in [0.29, 0.717) is 5.56 Å². The van der Waals surface area contributed by atoms with E-state index in [9.17, 15) is 15.2 Å². The van der Waals surface area contributed by atoms with Gasteiger partial charge < -0.3 is 14.7 Å². The zero-order valence-electron chi connectivity index (χ0n) is 15.5. The van der Waals surface area contributed by atoms with Crippen molar-refractivity contribution in [1.82, 2.24) is 9.88 Å². The molecule has 4 rings (SSSR count). The summed E-state index contributed by atoms with van der Waals surface area (Å²) >= 11 is 1.70. The first-order valence-electron chi connectivity index (χ1n) is 9.00. The van der Waals surface area contributed by atoms with Gasteiger partial charge in [0.1, 0.15) is 6.04 Å². The van der Waals surface area contributed by atoms with Crippen molar-refractivity contribution in [3.05, 3.63) is 57.9 Å². The standard InChI is InChI=1S/C19H20N4O4S/c1-3-12-10-28-19-21-16(13-6-4-5-7-20-13)17(22(12)19)11-8-14(23(25)26)18(24)15(9-11)27-2/h4-9,12,16-17,24H,3,10H2,1-2H3/t12-,16+,17+/m0/s1. The first-order chi connectivity index (χ1) is 13.5. The monoisotopic (exact) mass is 400 g/mol. The summed E-state index contributed by atoms with van der Waals surface area (Å²) in [6, 6.07) is 8.50. The molecule has 0 amide bonds. The quantitative estimate of drug-likeness (QED) is 0.603. The highest BCUT2D eigenvalue weighted by Crippen LogP contribution is 2.50. The number of nitro benzene ring substituents is 1. The first-order valence-corrected chi connectivity index (χ1v) is 9.98. The van der Waals surface area contributed by atoms with E-state index in [2.05, 4.69) is 16.8 Å². The number of hydrogen-bond donors (Lipinski definition) is 1. The van der Waals surface area contributed by atoms with Crippen LogP contribution in [0.3, 0.4) is 0 Å².